The monoisotopic (exact) mass is 235 g/mol. The maximum atomic E-state index is 11.8. The van der Waals surface area contributed by atoms with Crippen molar-refractivity contribution in [3.8, 4) is 0 Å². The van der Waals surface area contributed by atoms with Crippen molar-refractivity contribution >= 4 is 17.2 Å². The second-order valence-corrected chi connectivity index (χ2v) is 4.30. The molecule has 2 aromatic heterocycles. The van der Waals surface area contributed by atoms with Crippen molar-refractivity contribution in [3.63, 3.8) is 0 Å². The van der Waals surface area contributed by atoms with Gasteiger partial charge in [-0.05, 0) is 23.4 Å². The molecule has 2 heterocycles. The molecule has 0 aliphatic heterocycles. The van der Waals surface area contributed by atoms with Crippen LogP contribution in [0.3, 0.4) is 0 Å². The van der Waals surface area contributed by atoms with Crippen LogP contribution in [0.1, 0.15) is 27.9 Å². The number of hydrogen-bond acceptors (Lipinski definition) is 3. The van der Waals surface area contributed by atoms with Gasteiger partial charge in [-0.1, -0.05) is 6.92 Å². The maximum absolute atomic E-state index is 11.8. The fraction of sp³-hybridized carbons (Fsp3) is 0.273. The second-order valence-electron chi connectivity index (χ2n) is 3.39. The molecule has 0 aliphatic rings. The molecule has 0 saturated heterocycles. The lowest BCUT2D eigenvalue weighted by atomic mass is 10.2. The summed E-state index contributed by atoms with van der Waals surface area (Å²) in [5.74, 6) is -0.0125. The molecular weight excluding hydrogens is 222 g/mol. The largest absolute Gasteiger partial charge is 0.347 e. The van der Waals surface area contributed by atoms with Gasteiger partial charge in [0.25, 0.3) is 5.91 Å². The number of aryl methyl sites for hydroxylation is 1. The van der Waals surface area contributed by atoms with Gasteiger partial charge in [-0.25, -0.2) is 4.98 Å². The number of aromatic amines is 1. The van der Waals surface area contributed by atoms with E-state index in [0.717, 1.165) is 22.6 Å². The predicted molar refractivity (Wildman–Crippen MR) is 63.5 cm³/mol. The molecule has 0 aromatic carbocycles. The summed E-state index contributed by atoms with van der Waals surface area (Å²) in [4.78, 5) is 19.5. The van der Waals surface area contributed by atoms with E-state index in [9.17, 15) is 4.79 Å². The minimum absolute atomic E-state index is 0.0125. The summed E-state index contributed by atoms with van der Waals surface area (Å²) >= 11 is 1.48. The Morgan fingerprint density at radius 2 is 2.50 bits per heavy atom. The number of carbonyl (C=O) groups is 1. The van der Waals surface area contributed by atoms with E-state index in [-0.39, 0.29) is 5.91 Å². The van der Waals surface area contributed by atoms with Gasteiger partial charge in [-0.15, -0.1) is 11.3 Å². The third-order valence-electron chi connectivity index (χ3n) is 2.33. The van der Waals surface area contributed by atoms with Crippen LogP contribution < -0.4 is 5.32 Å². The minimum Gasteiger partial charge on any atom is -0.347 e. The number of H-pyrrole nitrogens is 1. The second kappa shape index (κ2) is 4.94. The standard InChI is InChI=1S/C11H13N3OS/c1-2-8-3-4-16-10(8)11(15)13-6-9-5-12-7-14-9/h3-5,7H,2,6H2,1H3,(H,12,14)(H,13,15). The van der Waals surface area contributed by atoms with Crippen molar-refractivity contribution in [1.29, 1.82) is 0 Å². The highest BCUT2D eigenvalue weighted by Crippen LogP contribution is 2.17. The Bertz CT molecular complexity index is 461. The molecule has 0 spiro atoms. The van der Waals surface area contributed by atoms with Crippen LogP contribution in [0.15, 0.2) is 24.0 Å². The highest BCUT2D eigenvalue weighted by molar-refractivity contribution is 7.12. The van der Waals surface area contributed by atoms with Crippen molar-refractivity contribution in [2.45, 2.75) is 19.9 Å². The van der Waals surface area contributed by atoms with E-state index in [2.05, 4.69) is 15.3 Å². The lowest BCUT2D eigenvalue weighted by Crippen LogP contribution is -2.22. The van der Waals surface area contributed by atoms with Crippen molar-refractivity contribution in [1.82, 2.24) is 15.3 Å². The Hall–Kier alpha value is -1.62. The molecule has 2 N–H and O–H groups in total. The van der Waals surface area contributed by atoms with Crippen LogP contribution >= 0.6 is 11.3 Å². The number of rotatable bonds is 4. The predicted octanol–water partition coefficient (Wildman–Crippen LogP) is 1.96. The summed E-state index contributed by atoms with van der Waals surface area (Å²) in [5.41, 5.74) is 2.01. The van der Waals surface area contributed by atoms with Crippen LogP contribution in [-0.2, 0) is 13.0 Å². The fourth-order valence-electron chi connectivity index (χ4n) is 1.45. The van der Waals surface area contributed by atoms with Gasteiger partial charge in [-0.3, -0.25) is 4.79 Å². The Kier molecular flexibility index (Phi) is 3.36. The van der Waals surface area contributed by atoms with E-state index >= 15 is 0 Å². The summed E-state index contributed by atoms with van der Waals surface area (Å²) in [7, 11) is 0. The maximum Gasteiger partial charge on any atom is 0.261 e. The highest BCUT2D eigenvalue weighted by Gasteiger charge is 2.11. The number of imidazole rings is 1. The summed E-state index contributed by atoms with van der Waals surface area (Å²) < 4.78 is 0. The van der Waals surface area contributed by atoms with Crippen LogP contribution in [0.4, 0.5) is 0 Å². The summed E-state index contributed by atoms with van der Waals surface area (Å²) in [6.45, 7) is 2.54. The molecule has 84 valence electrons. The molecule has 2 aromatic rings. The quantitative estimate of drug-likeness (QED) is 0.851. The average Bonchev–Trinajstić information content (AvgIpc) is 2.96. The zero-order valence-electron chi connectivity index (χ0n) is 8.99. The molecule has 0 unspecified atom stereocenters. The van der Waals surface area contributed by atoms with Gasteiger partial charge in [0.05, 0.1) is 23.4 Å². The zero-order chi connectivity index (χ0) is 11.4. The van der Waals surface area contributed by atoms with Crippen LogP contribution in [-0.4, -0.2) is 15.9 Å². The van der Waals surface area contributed by atoms with Crippen molar-refractivity contribution in [2.24, 2.45) is 0 Å². The van der Waals surface area contributed by atoms with Gasteiger partial charge >= 0.3 is 0 Å². The minimum atomic E-state index is -0.0125. The number of nitrogens with one attached hydrogen (secondary N) is 2. The molecule has 1 amide bonds. The van der Waals surface area contributed by atoms with Crippen molar-refractivity contribution in [3.05, 3.63) is 40.1 Å². The third kappa shape index (κ3) is 2.30. The van der Waals surface area contributed by atoms with E-state index < -0.39 is 0 Å². The molecule has 16 heavy (non-hydrogen) atoms. The lowest BCUT2D eigenvalue weighted by Gasteiger charge is -2.03. The molecular formula is C11H13N3OS. The molecule has 0 bridgehead atoms. The molecule has 0 atom stereocenters. The van der Waals surface area contributed by atoms with Gasteiger partial charge in [0.2, 0.25) is 0 Å². The van der Waals surface area contributed by atoms with Crippen molar-refractivity contribution in [2.75, 3.05) is 0 Å². The van der Waals surface area contributed by atoms with Gasteiger partial charge in [0.15, 0.2) is 0 Å². The zero-order valence-corrected chi connectivity index (χ0v) is 9.80. The van der Waals surface area contributed by atoms with Gasteiger partial charge in [0.1, 0.15) is 0 Å². The molecule has 2 rings (SSSR count). The fourth-order valence-corrected chi connectivity index (χ4v) is 2.36. The van der Waals surface area contributed by atoms with Crippen LogP contribution in [0.5, 0.6) is 0 Å². The van der Waals surface area contributed by atoms with Crippen LogP contribution in [0.2, 0.25) is 0 Å². The Morgan fingerprint density at radius 1 is 1.62 bits per heavy atom. The molecule has 0 saturated carbocycles. The normalized spacial score (nSPS) is 10.3. The third-order valence-corrected chi connectivity index (χ3v) is 3.28. The van der Waals surface area contributed by atoms with Crippen molar-refractivity contribution < 1.29 is 4.79 Å². The Morgan fingerprint density at radius 3 is 3.19 bits per heavy atom. The first-order chi connectivity index (χ1) is 7.81. The number of aromatic nitrogens is 2. The molecule has 5 heteroatoms. The van der Waals surface area contributed by atoms with Gasteiger partial charge in [-0.2, -0.15) is 0 Å². The summed E-state index contributed by atoms with van der Waals surface area (Å²) in [5, 5.41) is 4.81. The lowest BCUT2D eigenvalue weighted by molar-refractivity contribution is 0.0953. The highest BCUT2D eigenvalue weighted by atomic mass is 32.1. The first kappa shape index (κ1) is 10.9. The van der Waals surface area contributed by atoms with E-state index in [0.29, 0.717) is 6.54 Å². The van der Waals surface area contributed by atoms with E-state index in [1.807, 2.05) is 18.4 Å². The number of nitrogens with zero attached hydrogens (tertiary/aromatic N) is 1. The first-order valence-electron chi connectivity index (χ1n) is 5.13. The summed E-state index contributed by atoms with van der Waals surface area (Å²) in [6, 6.07) is 2.00. The van der Waals surface area contributed by atoms with E-state index in [1.165, 1.54) is 11.3 Å². The SMILES string of the molecule is CCc1ccsc1C(=O)NCc1cnc[nH]1. The first-order valence-corrected chi connectivity index (χ1v) is 6.01. The number of carbonyl (C=O) groups excluding carboxylic acids is 1. The molecule has 4 nitrogen and oxygen atoms in total. The van der Waals surface area contributed by atoms with Gasteiger partial charge < -0.3 is 10.3 Å². The number of hydrogen-bond donors (Lipinski definition) is 2. The average molecular weight is 235 g/mol. The van der Waals surface area contributed by atoms with Crippen LogP contribution in [0.25, 0.3) is 0 Å². The van der Waals surface area contributed by atoms with Gasteiger partial charge in [0, 0.05) is 6.20 Å². The Balaban J connectivity index is 1.98. The smallest absolute Gasteiger partial charge is 0.261 e. The molecule has 0 fully saturated rings. The molecule has 0 aliphatic carbocycles. The van der Waals surface area contributed by atoms with E-state index in [1.54, 1.807) is 12.5 Å². The topological polar surface area (TPSA) is 57.8 Å². The van der Waals surface area contributed by atoms with Crippen LogP contribution in [0, 0.1) is 0 Å². The Labute approximate surface area is 97.7 Å². The van der Waals surface area contributed by atoms with E-state index in [4.69, 9.17) is 0 Å². The summed E-state index contributed by atoms with van der Waals surface area (Å²) in [6.07, 6.45) is 4.19. The number of thiophene rings is 1. The molecule has 0 radical (unpaired) electrons. The number of amides is 1.